The number of nitrogens with zero attached hydrogens (tertiary/aromatic N) is 1. The zero-order valence-electron chi connectivity index (χ0n) is 8.53. The fourth-order valence-electron chi connectivity index (χ4n) is 1.14. The molecule has 1 amide bonds. The van der Waals surface area contributed by atoms with Gasteiger partial charge in [-0.1, -0.05) is 0 Å². The Morgan fingerprint density at radius 2 is 2.31 bits per heavy atom. The molecule has 16 heavy (non-hydrogen) atoms. The van der Waals surface area contributed by atoms with Crippen LogP contribution in [0, 0.1) is 17.1 Å². The number of anilines is 1. The highest BCUT2D eigenvalue weighted by molar-refractivity contribution is 5.90. The maximum absolute atomic E-state index is 13.3. The highest BCUT2D eigenvalue weighted by Crippen LogP contribution is 2.15. The van der Waals surface area contributed by atoms with Crippen LogP contribution in [0.2, 0.25) is 0 Å². The SMILES string of the molecule is N#Cc1ccc(NC(=O)CCCO)c(F)c1. The van der Waals surface area contributed by atoms with Crippen LogP contribution in [-0.4, -0.2) is 17.6 Å². The van der Waals surface area contributed by atoms with Gasteiger partial charge < -0.3 is 10.4 Å². The predicted molar refractivity (Wildman–Crippen MR) is 56.1 cm³/mol. The molecular formula is C11H11FN2O2. The highest BCUT2D eigenvalue weighted by atomic mass is 19.1. The molecule has 0 atom stereocenters. The van der Waals surface area contributed by atoms with Crippen molar-refractivity contribution in [2.24, 2.45) is 0 Å². The van der Waals surface area contributed by atoms with Crippen LogP contribution in [-0.2, 0) is 4.79 Å². The van der Waals surface area contributed by atoms with E-state index in [9.17, 15) is 9.18 Å². The summed E-state index contributed by atoms with van der Waals surface area (Å²) < 4.78 is 13.3. The lowest BCUT2D eigenvalue weighted by Crippen LogP contribution is -2.12. The molecule has 0 aliphatic heterocycles. The van der Waals surface area contributed by atoms with Crippen LogP contribution in [0.4, 0.5) is 10.1 Å². The summed E-state index contributed by atoms with van der Waals surface area (Å²) in [4.78, 5) is 11.2. The first-order chi connectivity index (χ1) is 7.67. The Kier molecular flexibility index (Phi) is 4.42. The quantitative estimate of drug-likeness (QED) is 0.808. The zero-order valence-corrected chi connectivity index (χ0v) is 8.53. The minimum absolute atomic E-state index is 0.0435. The van der Waals surface area contributed by atoms with Crippen LogP contribution < -0.4 is 5.32 Å². The number of nitrogens with one attached hydrogen (secondary N) is 1. The third-order valence-corrected chi connectivity index (χ3v) is 1.93. The van der Waals surface area contributed by atoms with Gasteiger partial charge in [-0.05, 0) is 24.6 Å². The Morgan fingerprint density at radius 1 is 1.56 bits per heavy atom. The number of carbonyl (C=O) groups is 1. The van der Waals surface area contributed by atoms with Gasteiger partial charge >= 0.3 is 0 Å². The van der Waals surface area contributed by atoms with Crippen molar-refractivity contribution in [3.63, 3.8) is 0 Å². The zero-order chi connectivity index (χ0) is 12.0. The number of halogens is 1. The summed E-state index contributed by atoms with van der Waals surface area (Å²) in [6.07, 6.45) is 0.472. The maximum Gasteiger partial charge on any atom is 0.224 e. The summed E-state index contributed by atoms with van der Waals surface area (Å²) in [6.45, 7) is -0.0801. The lowest BCUT2D eigenvalue weighted by molar-refractivity contribution is -0.116. The van der Waals surface area contributed by atoms with Crippen molar-refractivity contribution in [3.05, 3.63) is 29.6 Å². The third-order valence-electron chi connectivity index (χ3n) is 1.93. The Hall–Kier alpha value is -1.93. The molecule has 5 heteroatoms. The molecular weight excluding hydrogens is 211 g/mol. The maximum atomic E-state index is 13.3. The molecule has 0 aliphatic rings. The molecule has 4 nitrogen and oxygen atoms in total. The van der Waals surface area contributed by atoms with Crippen molar-refractivity contribution < 1.29 is 14.3 Å². The second-order valence-corrected chi connectivity index (χ2v) is 3.18. The van der Waals surface area contributed by atoms with Gasteiger partial charge in [0.1, 0.15) is 5.82 Å². The van der Waals surface area contributed by atoms with Gasteiger partial charge in [0.2, 0.25) is 5.91 Å². The van der Waals surface area contributed by atoms with Crippen molar-refractivity contribution in [2.75, 3.05) is 11.9 Å². The summed E-state index contributed by atoms with van der Waals surface area (Å²) in [5, 5.41) is 19.4. The Labute approximate surface area is 92.3 Å². The number of aliphatic hydroxyl groups is 1. The summed E-state index contributed by atoms with van der Waals surface area (Å²) in [6, 6.07) is 5.61. The Bertz CT molecular complexity index is 426. The Balaban J connectivity index is 2.68. The van der Waals surface area contributed by atoms with Gasteiger partial charge in [-0.15, -0.1) is 0 Å². The number of aliphatic hydroxyl groups excluding tert-OH is 1. The first kappa shape index (κ1) is 12.1. The van der Waals surface area contributed by atoms with Crippen LogP contribution in [0.25, 0.3) is 0 Å². The molecule has 2 N–H and O–H groups in total. The lowest BCUT2D eigenvalue weighted by Gasteiger charge is -2.05. The number of nitriles is 1. The fourth-order valence-corrected chi connectivity index (χ4v) is 1.14. The standard InChI is InChI=1S/C11H11FN2O2/c12-9-6-8(7-13)3-4-10(9)14-11(16)2-1-5-15/h3-4,6,15H,1-2,5H2,(H,14,16). The summed E-state index contributed by atoms with van der Waals surface area (Å²) in [5.41, 5.74) is 0.243. The van der Waals surface area contributed by atoms with E-state index in [0.717, 1.165) is 6.07 Å². The van der Waals surface area contributed by atoms with E-state index in [1.165, 1.54) is 12.1 Å². The van der Waals surface area contributed by atoms with Crippen LogP contribution in [0.3, 0.4) is 0 Å². The van der Waals surface area contributed by atoms with Crippen LogP contribution in [0.15, 0.2) is 18.2 Å². The van der Waals surface area contributed by atoms with Crippen LogP contribution in [0.1, 0.15) is 18.4 Å². The minimum atomic E-state index is -0.642. The van der Waals surface area contributed by atoms with Gasteiger partial charge in [-0.25, -0.2) is 4.39 Å². The van der Waals surface area contributed by atoms with E-state index in [1.54, 1.807) is 6.07 Å². The van der Waals surface area contributed by atoms with E-state index in [1.807, 2.05) is 0 Å². The molecule has 0 saturated carbocycles. The molecule has 0 fully saturated rings. The molecule has 1 rings (SSSR count). The van der Waals surface area contributed by atoms with E-state index in [-0.39, 0.29) is 30.2 Å². The van der Waals surface area contributed by atoms with Crippen LogP contribution >= 0.6 is 0 Å². The predicted octanol–water partition coefficient (Wildman–Crippen LogP) is 1.41. The van der Waals surface area contributed by atoms with Crippen molar-refractivity contribution in [3.8, 4) is 6.07 Å². The van der Waals surface area contributed by atoms with Crippen molar-refractivity contribution in [1.29, 1.82) is 5.26 Å². The second-order valence-electron chi connectivity index (χ2n) is 3.18. The molecule has 0 saturated heterocycles. The smallest absolute Gasteiger partial charge is 0.224 e. The number of amides is 1. The third kappa shape index (κ3) is 3.33. The first-order valence-electron chi connectivity index (χ1n) is 4.77. The van der Waals surface area contributed by atoms with E-state index in [4.69, 9.17) is 10.4 Å². The number of benzene rings is 1. The average molecular weight is 222 g/mol. The van der Waals surface area contributed by atoms with E-state index < -0.39 is 5.82 Å². The van der Waals surface area contributed by atoms with Gasteiger partial charge in [0.25, 0.3) is 0 Å². The van der Waals surface area contributed by atoms with Gasteiger partial charge in [-0.2, -0.15) is 5.26 Å². The molecule has 0 bridgehead atoms. The fraction of sp³-hybridized carbons (Fsp3) is 0.273. The van der Waals surface area contributed by atoms with E-state index in [2.05, 4.69) is 5.32 Å². The molecule has 0 unspecified atom stereocenters. The number of hydrogen-bond donors (Lipinski definition) is 2. The monoisotopic (exact) mass is 222 g/mol. The summed E-state index contributed by atoms with van der Waals surface area (Å²) in [7, 11) is 0. The van der Waals surface area contributed by atoms with Crippen molar-refractivity contribution >= 4 is 11.6 Å². The van der Waals surface area contributed by atoms with Gasteiger partial charge in [0.15, 0.2) is 0 Å². The molecule has 84 valence electrons. The normalized spacial score (nSPS) is 9.56. The molecule has 1 aromatic carbocycles. The molecule has 0 radical (unpaired) electrons. The van der Waals surface area contributed by atoms with Crippen molar-refractivity contribution in [2.45, 2.75) is 12.8 Å². The topological polar surface area (TPSA) is 73.1 Å². The molecule has 0 aromatic heterocycles. The van der Waals surface area contributed by atoms with Gasteiger partial charge in [-0.3, -0.25) is 4.79 Å². The molecule has 0 heterocycles. The first-order valence-corrected chi connectivity index (χ1v) is 4.77. The number of rotatable bonds is 4. The molecule has 0 aliphatic carbocycles. The number of carbonyl (C=O) groups excluding carboxylic acids is 1. The van der Waals surface area contributed by atoms with E-state index in [0.29, 0.717) is 6.42 Å². The molecule has 1 aromatic rings. The van der Waals surface area contributed by atoms with Crippen LogP contribution in [0.5, 0.6) is 0 Å². The molecule has 0 spiro atoms. The summed E-state index contributed by atoms with van der Waals surface area (Å²) in [5.74, 6) is -1.01. The largest absolute Gasteiger partial charge is 0.396 e. The second kappa shape index (κ2) is 5.83. The van der Waals surface area contributed by atoms with Gasteiger partial charge in [0.05, 0.1) is 17.3 Å². The summed E-state index contributed by atoms with van der Waals surface area (Å²) >= 11 is 0. The lowest BCUT2D eigenvalue weighted by atomic mass is 10.2. The van der Waals surface area contributed by atoms with Gasteiger partial charge in [0, 0.05) is 13.0 Å². The average Bonchev–Trinajstić information content (AvgIpc) is 2.29. The highest BCUT2D eigenvalue weighted by Gasteiger charge is 2.07. The van der Waals surface area contributed by atoms with Crippen molar-refractivity contribution in [1.82, 2.24) is 0 Å². The minimum Gasteiger partial charge on any atom is -0.396 e. The Morgan fingerprint density at radius 3 is 2.88 bits per heavy atom. The number of hydrogen-bond acceptors (Lipinski definition) is 3. The van der Waals surface area contributed by atoms with E-state index >= 15 is 0 Å².